The zero-order valence-electron chi connectivity index (χ0n) is 12.0. The van der Waals surface area contributed by atoms with Gasteiger partial charge in [0.2, 0.25) is 5.91 Å². The number of amides is 1. The van der Waals surface area contributed by atoms with Crippen LogP contribution < -0.4 is 5.32 Å². The molecule has 3 rings (SSSR count). The highest BCUT2D eigenvalue weighted by Gasteiger charge is 2.60. The first kappa shape index (κ1) is 13.8. The Morgan fingerprint density at radius 2 is 2.10 bits per heavy atom. The van der Waals surface area contributed by atoms with Gasteiger partial charge in [-0.15, -0.1) is 5.10 Å². The summed E-state index contributed by atoms with van der Waals surface area (Å²) in [6, 6.07) is 0. The third-order valence-corrected chi connectivity index (χ3v) is 6.61. The highest BCUT2D eigenvalue weighted by molar-refractivity contribution is 8.16. The van der Waals surface area contributed by atoms with Gasteiger partial charge in [0.1, 0.15) is 11.5 Å². The zero-order chi connectivity index (χ0) is 14.5. The van der Waals surface area contributed by atoms with Crippen molar-refractivity contribution in [3.8, 4) is 0 Å². The van der Waals surface area contributed by atoms with Gasteiger partial charge in [-0.05, 0) is 30.6 Å². The first-order valence-corrected chi connectivity index (χ1v) is 7.84. The van der Waals surface area contributed by atoms with E-state index in [0.717, 1.165) is 30.3 Å². The van der Waals surface area contributed by atoms with Crippen molar-refractivity contribution in [1.29, 1.82) is 0 Å². The number of fused-ring (bicyclic) bond motifs is 2. The van der Waals surface area contributed by atoms with Gasteiger partial charge in [-0.2, -0.15) is 5.10 Å². The maximum Gasteiger partial charge on any atom is 0.246 e. The third-order valence-electron chi connectivity index (χ3n) is 5.62. The number of hydrogen-bond donors (Lipinski definition) is 1. The van der Waals surface area contributed by atoms with Crippen LogP contribution >= 0.6 is 11.8 Å². The summed E-state index contributed by atoms with van der Waals surface area (Å²) in [5.41, 5.74) is 1.51. The second-order valence-electron chi connectivity index (χ2n) is 6.61. The van der Waals surface area contributed by atoms with Crippen molar-refractivity contribution in [1.82, 2.24) is 5.32 Å². The summed E-state index contributed by atoms with van der Waals surface area (Å²) < 4.78 is 0. The van der Waals surface area contributed by atoms with Crippen LogP contribution in [-0.2, 0) is 9.59 Å². The first-order chi connectivity index (χ1) is 9.38. The summed E-state index contributed by atoms with van der Waals surface area (Å²) >= 11 is 1.14. The average Bonchev–Trinajstić information content (AvgIpc) is 2.93. The van der Waals surface area contributed by atoms with E-state index < -0.39 is 5.25 Å². The molecule has 1 saturated heterocycles. The van der Waals surface area contributed by atoms with E-state index in [9.17, 15) is 9.59 Å². The number of nitrogens with zero attached hydrogens (tertiary/aromatic N) is 2. The number of aldehydes is 1. The normalized spacial score (nSPS) is 42.5. The number of carbonyl (C=O) groups excluding carboxylic acids is 2. The number of amidine groups is 1. The Balaban J connectivity index is 1.82. The highest BCUT2D eigenvalue weighted by atomic mass is 32.2. The van der Waals surface area contributed by atoms with Crippen LogP contribution in [0.4, 0.5) is 0 Å². The Morgan fingerprint density at radius 3 is 2.60 bits per heavy atom. The van der Waals surface area contributed by atoms with E-state index in [1.165, 1.54) is 6.42 Å². The smallest absolute Gasteiger partial charge is 0.246 e. The second kappa shape index (κ2) is 4.41. The van der Waals surface area contributed by atoms with Gasteiger partial charge < -0.3 is 10.1 Å². The molecule has 0 aromatic carbocycles. The van der Waals surface area contributed by atoms with Crippen molar-refractivity contribution in [2.75, 3.05) is 0 Å². The molecule has 3 fully saturated rings. The molecule has 3 aliphatic rings. The highest BCUT2D eigenvalue weighted by Crippen LogP contribution is 2.64. The summed E-state index contributed by atoms with van der Waals surface area (Å²) in [6.07, 6.45) is 4.05. The molecule has 1 aliphatic heterocycles. The van der Waals surface area contributed by atoms with E-state index in [-0.39, 0.29) is 16.7 Å². The summed E-state index contributed by atoms with van der Waals surface area (Å²) in [4.78, 5) is 22.1. The summed E-state index contributed by atoms with van der Waals surface area (Å²) in [7, 11) is 0. The first-order valence-electron chi connectivity index (χ1n) is 6.96. The molecule has 0 aromatic heterocycles. The molecule has 0 aromatic rings. The fraction of sp³-hybridized carbons (Fsp3) is 0.714. The summed E-state index contributed by atoms with van der Waals surface area (Å²) in [5.74, 6) is 0.378. The Morgan fingerprint density at radius 1 is 1.35 bits per heavy atom. The molecular weight excluding hydrogens is 274 g/mol. The molecule has 2 saturated carbocycles. The minimum absolute atomic E-state index is 0.110. The largest absolute Gasteiger partial charge is 0.302 e. The third kappa shape index (κ3) is 1.77. The Labute approximate surface area is 122 Å². The molecule has 6 heteroatoms. The monoisotopic (exact) mass is 293 g/mol. The predicted octanol–water partition coefficient (Wildman–Crippen LogP) is 1.98. The van der Waals surface area contributed by atoms with Crippen molar-refractivity contribution in [2.24, 2.45) is 27.0 Å². The molecule has 2 bridgehead atoms. The molecule has 0 radical (unpaired) electrons. The van der Waals surface area contributed by atoms with Gasteiger partial charge in [0.15, 0.2) is 5.17 Å². The summed E-state index contributed by atoms with van der Waals surface area (Å²) in [6.45, 7) is 6.90. The van der Waals surface area contributed by atoms with E-state index in [0.29, 0.717) is 17.4 Å². The fourth-order valence-electron chi connectivity index (χ4n) is 3.70. The lowest BCUT2D eigenvalue weighted by atomic mass is 9.70. The van der Waals surface area contributed by atoms with Gasteiger partial charge in [0.05, 0.1) is 0 Å². The van der Waals surface area contributed by atoms with Gasteiger partial charge in [0.25, 0.3) is 0 Å². The second-order valence-corrected chi connectivity index (χ2v) is 7.74. The maximum absolute atomic E-state index is 11.4. The Bertz CT molecular complexity index is 541. The molecule has 1 N–H and O–H groups in total. The molecule has 3 atom stereocenters. The number of nitrogens with one attached hydrogen (secondary N) is 1. The van der Waals surface area contributed by atoms with Crippen LogP contribution in [-0.4, -0.2) is 28.3 Å². The maximum atomic E-state index is 11.4. The van der Waals surface area contributed by atoms with E-state index in [4.69, 9.17) is 0 Å². The van der Waals surface area contributed by atoms with Crippen molar-refractivity contribution in [3.05, 3.63) is 0 Å². The van der Waals surface area contributed by atoms with Crippen molar-refractivity contribution < 1.29 is 9.59 Å². The standard InChI is InChI=1S/C14H19N3O2S/c1-13(2)8-4-5-14(13,3)10(6-8)16-17-12-15-11(19)9(7-18)20-12/h7-9H,4-6H2,1-3H3,(H,15,17,19). The SMILES string of the molecule is CC12CCC(CC1=NN=C1NC(=O)C(C=O)S1)C2(C)C. The quantitative estimate of drug-likeness (QED) is 0.481. The number of rotatable bonds is 2. The molecule has 3 unspecified atom stereocenters. The van der Waals surface area contributed by atoms with Crippen molar-refractivity contribution >= 4 is 34.8 Å². The molecule has 20 heavy (non-hydrogen) atoms. The molecule has 108 valence electrons. The molecule has 0 spiro atoms. The van der Waals surface area contributed by atoms with Crippen LogP contribution in [0.15, 0.2) is 10.2 Å². The lowest BCUT2D eigenvalue weighted by molar-refractivity contribution is -0.121. The van der Waals surface area contributed by atoms with E-state index in [1.807, 2.05) is 0 Å². The molecule has 1 amide bonds. The van der Waals surface area contributed by atoms with Crippen LogP contribution in [0.2, 0.25) is 0 Å². The Kier molecular flexibility index (Phi) is 3.04. The lowest BCUT2D eigenvalue weighted by Gasteiger charge is -2.34. The number of hydrogen-bond acceptors (Lipinski definition) is 5. The topological polar surface area (TPSA) is 70.9 Å². The van der Waals surface area contributed by atoms with Crippen LogP contribution in [0.3, 0.4) is 0 Å². The predicted molar refractivity (Wildman–Crippen MR) is 79.7 cm³/mol. The van der Waals surface area contributed by atoms with E-state index >= 15 is 0 Å². The van der Waals surface area contributed by atoms with Gasteiger partial charge in [-0.1, -0.05) is 32.5 Å². The van der Waals surface area contributed by atoms with Gasteiger partial charge in [-0.25, -0.2) is 0 Å². The van der Waals surface area contributed by atoms with Crippen LogP contribution in [0.1, 0.15) is 40.0 Å². The Hall–Kier alpha value is -1.17. The van der Waals surface area contributed by atoms with Gasteiger partial charge in [-0.3, -0.25) is 4.79 Å². The van der Waals surface area contributed by atoms with Crippen LogP contribution in [0.5, 0.6) is 0 Å². The average molecular weight is 293 g/mol. The molecular formula is C14H19N3O2S. The van der Waals surface area contributed by atoms with Crippen molar-refractivity contribution in [3.63, 3.8) is 0 Å². The van der Waals surface area contributed by atoms with E-state index in [1.54, 1.807) is 0 Å². The minimum atomic E-state index is -0.680. The molecule has 1 heterocycles. The molecule has 2 aliphatic carbocycles. The van der Waals surface area contributed by atoms with Gasteiger partial charge >= 0.3 is 0 Å². The van der Waals surface area contributed by atoms with Crippen LogP contribution in [0.25, 0.3) is 0 Å². The number of carbonyl (C=O) groups is 2. The van der Waals surface area contributed by atoms with Crippen molar-refractivity contribution in [2.45, 2.75) is 45.3 Å². The van der Waals surface area contributed by atoms with E-state index in [2.05, 4.69) is 36.3 Å². The lowest BCUT2D eigenvalue weighted by Crippen LogP contribution is -2.32. The number of thioether (sulfide) groups is 1. The summed E-state index contributed by atoms with van der Waals surface area (Å²) in [5, 5.41) is 10.9. The van der Waals surface area contributed by atoms with Gasteiger partial charge in [0, 0.05) is 11.1 Å². The fourth-order valence-corrected chi connectivity index (χ4v) is 4.41. The van der Waals surface area contributed by atoms with Crippen LogP contribution in [0, 0.1) is 16.7 Å². The molecule has 5 nitrogen and oxygen atoms in total. The minimum Gasteiger partial charge on any atom is -0.302 e. The zero-order valence-corrected chi connectivity index (χ0v) is 12.8.